The number of nitrogens with zero attached hydrogens (tertiary/aromatic N) is 2. The molecule has 108 valence electrons. The van der Waals surface area contributed by atoms with E-state index in [2.05, 4.69) is 56.8 Å². The van der Waals surface area contributed by atoms with Crippen LogP contribution in [0.1, 0.15) is 53.7 Å². The summed E-state index contributed by atoms with van der Waals surface area (Å²) in [5.74, 6) is 0.609. The van der Waals surface area contributed by atoms with Gasteiger partial charge in [0.2, 0.25) is 5.88 Å². The molecule has 19 heavy (non-hydrogen) atoms. The summed E-state index contributed by atoms with van der Waals surface area (Å²) < 4.78 is 5.65. The minimum atomic E-state index is 0.0742. The van der Waals surface area contributed by atoms with Crippen molar-refractivity contribution in [3.05, 3.63) is 18.1 Å². The Morgan fingerprint density at radius 1 is 1.11 bits per heavy atom. The first-order valence-electron chi connectivity index (χ1n) is 6.84. The van der Waals surface area contributed by atoms with Gasteiger partial charge >= 0.3 is 0 Å². The van der Waals surface area contributed by atoms with Gasteiger partial charge in [0.15, 0.2) is 0 Å². The van der Waals surface area contributed by atoms with E-state index in [0.717, 1.165) is 12.1 Å². The van der Waals surface area contributed by atoms with Gasteiger partial charge in [-0.3, -0.25) is 4.98 Å². The Balaban J connectivity index is 2.48. The summed E-state index contributed by atoms with van der Waals surface area (Å²) in [6.07, 6.45) is 4.44. The average molecular weight is 265 g/mol. The van der Waals surface area contributed by atoms with Crippen LogP contribution >= 0.6 is 0 Å². The zero-order valence-corrected chi connectivity index (χ0v) is 13.1. The molecule has 4 heteroatoms. The van der Waals surface area contributed by atoms with E-state index in [1.807, 2.05) is 0 Å². The summed E-state index contributed by atoms with van der Waals surface area (Å²) >= 11 is 0. The minimum Gasteiger partial charge on any atom is -0.477 e. The van der Waals surface area contributed by atoms with Crippen molar-refractivity contribution in [3.8, 4) is 5.88 Å². The molecule has 1 N–H and O–H groups in total. The zero-order valence-electron chi connectivity index (χ0n) is 13.1. The number of nitrogens with one attached hydrogen (secondary N) is 1. The SMILES string of the molecule is CC(C)(C)CCOc1cncc(CNC(C)(C)C)n1. The number of hydrogen-bond donors (Lipinski definition) is 1. The standard InChI is InChI=1S/C15H27N3O/c1-14(2,3)7-8-19-13-11-16-9-12(18-13)10-17-15(4,5)6/h9,11,17H,7-8,10H2,1-6H3. The molecule has 1 aromatic heterocycles. The highest BCUT2D eigenvalue weighted by atomic mass is 16.5. The van der Waals surface area contributed by atoms with Gasteiger partial charge < -0.3 is 10.1 Å². The Hall–Kier alpha value is -1.16. The molecule has 0 spiro atoms. The van der Waals surface area contributed by atoms with Crippen molar-refractivity contribution in [2.75, 3.05) is 6.61 Å². The molecule has 0 amide bonds. The van der Waals surface area contributed by atoms with Crippen LogP contribution in [0.4, 0.5) is 0 Å². The van der Waals surface area contributed by atoms with E-state index in [1.54, 1.807) is 12.4 Å². The van der Waals surface area contributed by atoms with Crippen LogP contribution in [0.5, 0.6) is 5.88 Å². The van der Waals surface area contributed by atoms with E-state index in [4.69, 9.17) is 4.74 Å². The molecule has 1 heterocycles. The lowest BCUT2D eigenvalue weighted by atomic mass is 9.93. The summed E-state index contributed by atoms with van der Waals surface area (Å²) in [7, 11) is 0. The molecule has 0 aromatic carbocycles. The van der Waals surface area contributed by atoms with Crippen molar-refractivity contribution in [1.82, 2.24) is 15.3 Å². The van der Waals surface area contributed by atoms with Gasteiger partial charge in [-0.2, -0.15) is 0 Å². The van der Waals surface area contributed by atoms with Gasteiger partial charge in [-0.05, 0) is 32.6 Å². The molecule has 0 unspecified atom stereocenters. The first kappa shape index (κ1) is 15.9. The van der Waals surface area contributed by atoms with Crippen molar-refractivity contribution in [2.45, 2.75) is 60.0 Å². The summed E-state index contributed by atoms with van der Waals surface area (Å²) in [5.41, 5.74) is 1.26. The van der Waals surface area contributed by atoms with Gasteiger partial charge in [0.25, 0.3) is 0 Å². The molecule has 0 atom stereocenters. The lowest BCUT2D eigenvalue weighted by molar-refractivity contribution is 0.235. The van der Waals surface area contributed by atoms with Crippen molar-refractivity contribution >= 4 is 0 Å². The molecule has 0 aliphatic carbocycles. The van der Waals surface area contributed by atoms with Gasteiger partial charge in [0.1, 0.15) is 0 Å². The third kappa shape index (κ3) is 7.78. The van der Waals surface area contributed by atoms with Crippen LogP contribution < -0.4 is 10.1 Å². The van der Waals surface area contributed by atoms with Crippen LogP contribution in [-0.2, 0) is 6.54 Å². The second-order valence-electron chi connectivity index (χ2n) is 7.11. The third-order valence-corrected chi connectivity index (χ3v) is 2.56. The number of ether oxygens (including phenoxy) is 1. The van der Waals surface area contributed by atoms with Crippen molar-refractivity contribution in [3.63, 3.8) is 0 Å². The monoisotopic (exact) mass is 265 g/mol. The molecular formula is C15H27N3O. The molecule has 1 aromatic rings. The van der Waals surface area contributed by atoms with Crippen molar-refractivity contribution in [2.24, 2.45) is 5.41 Å². The van der Waals surface area contributed by atoms with Crippen LogP contribution in [0.2, 0.25) is 0 Å². The maximum atomic E-state index is 5.65. The molecule has 0 bridgehead atoms. The second kappa shape index (κ2) is 6.33. The van der Waals surface area contributed by atoms with Crippen LogP contribution in [-0.4, -0.2) is 22.1 Å². The largest absolute Gasteiger partial charge is 0.477 e. The molecule has 0 aliphatic heterocycles. The fourth-order valence-corrected chi connectivity index (χ4v) is 1.36. The van der Waals surface area contributed by atoms with Crippen LogP contribution in [0.15, 0.2) is 12.4 Å². The lowest BCUT2D eigenvalue weighted by Gasteiger charge is -2.20. The van der Waals surface area contributed by atoms with Gasteiger partial charge in [0.05, 0.1) is 18.5 Å². The Morgan fingerprint density at radius 3 is 2.37 bits per heavy atom. The summed E-state index contributed by atoms with van der Waals surface area (Å²) in [6.45, 7) is 14.4. The number of hydrogen-bond acceptors (Lipinski definition) is 4. The van der Waals surface area contributed by atoms with E-state index in [9.17, 15) is 0 Å². The van der Waals surface area contributed by atoms with E-state index < -0.39 is 0 Å². The maximum Gasteiger partial charge on any atom is 0.232 e. The highest BCUT2D eigenvalue weighted by Gasteiger charge is 2.11. The van der Waals surface area contributed by atoms with Gasteiger partial charge in [-0.1, -0.05) is 20.8 Å². The van der Waals surface area contributed by atoms with Crippen LogP contribution in [0, 0.1) is 5.41 Å². The second-order valence-corrected chi connectivity index (χ2v) is 7.11. The Morgan fingerprint density at radius 2 is 1.79 bits per heavy atom. The highest BCUT2D eigenvalue weighted by molar-refractivity contribution is 5.08. The summed E-state index contributed by atoms with van der Waals surface area (Å²) in [5, 5.41) is 3.39. The summed E-state index contributed by atoms with van der Waals surface area (Å²) in [4.78, 5) is 8.62. The van der Waals surface area contributed by atoms with Crippen LogP contribution in [0.25, 0.3) is 0 Å². The fraction of sp³-hybridized carbons (Fsp3) is 0.733. The van der Waals surface area contributed by atoms with Gasteiger partial charge in [0, 0.05) is 18.3 Å². The maximum absolute atomic E-state index is 5.65. The number of aromatic nitrogens is 2. The molecule has 1 rings (SSSR count). The van der Waals surface area contributed by atoms with Gasteiger partial charge in [-0.25, -0.2) is 4.98 Å². The Kier molecular flexibility index (Phi) is 5.29. The predicted octanol–water partition coefficient (Wildman–Crippen LogP) is 3.18. The zero-order chi connectivity index (χ0) is 14.5. The topological polar surface area (TPSA) is 47.0 Å². The molecule has 0 radical (unpaired) electrons. The van der Waals surface area contributed by atoms with E-state index in [-0.39, 0.29) is 11.0 Å². The quantitative estimate of drug-likeness (QED) is 0.888. The molecular weight excluding hydrogens is 238 g/mol. The molecule has 0 fully saturated rings. The Labute approximate surface area is 117 Å². The lowest BCUT2D eigenvalue weighted by Crippen LogP contribution is -2.35. The van der Waals surface area contributed by atoms with Crippen molar-refractivity contribution < 1.29 is 4.74 Å². The minimum absolute atomic E-state index is 0.0742. The number of rotatable bonds is 5. The average Bonchev–Trinajstić information content (AvgIpc) is 2.24. The third-order valence-electron chi connectivity index (χ3n) is 2.56. The van der Waals surface area contributed by atoms with E-state index in [0.29, 0.717) is 19.0 Å². The van der Waals surface area contributed by atoms with Gasteiger partial charge in [-0.15, -0.1) is 0 Å². The first-order chi connectivity index (χ1) is 8.66. The Bertz CT molecular complexity index is 391. The fourth-order valence-electron chi connectivity index (χ4n) is 1.36. The molecule has 4 nitrogen and oxygen atoms in total. The smallest absolute Gasteiger partial charge is 0.232 e. The first-order valence-corrected chi connectivity index (χ1v) is 6.84. The molecule has 0 saturated heterocycles. The van der Waals surface area contributed by atoms with E-state index in [1.165, 1.54) is 0 Å². The van der Waals surface area contributed by atoms with Crippen molar-refractivity contribution in [1.29, 1.82) is 0 Å². The predicted molar refractivity (Wildman–Crippen MR) is 78.2 cm³/mol. The van der Waals surface area contributed by atoms with E-state index >= 15 is 0 Å². The van der Waals surface area contributed by atoms with Crippen LogP contribution in [0.3, 0.4) is 0 Å². The highest BCUT2D eigenvalue weighted by Crippen LogP contribution is 2.18. The summed E-state index contributed by atoms with van der Waals surface area (Å²) in [6, 6.07) is 0. The normalized spacial score (nSPS) is 12.5. The molecule has 0 saturated carbocycles. The molecule has 0 aliphatic rings.